The maximum Gasteiger partial charge on any atom is 0.416 e. The molecular weight excluding hydrogens is 305 g/mol. The van der Waals surface area contributed by atoms with Gasteiger partial charge in [-0.1, -0.05) is 6.07 Å². The van der Waals surface area contributed by atoms with E-state index in [0.717, 1.165) is 12.1 Å². The Bertz CT molecular complexity index is 629. The zero-order chi connectivity index (χ0) is 15.8. The zero-order valence-corrected chi connectivity index (χ0v) is 12.6. The number of sulfonamides is 1. The average Bonchev–Trinajstić information content (AvgIpc) is 2.37. The minimum Gasteiger partial charge on any atom is -0.314 e. The van der Waals surface area contributed by atoms with Crippen LogP contribution in [0.3, 0.4) is 0 Å². The lowest BCUT2D eigenvalue weighted by Crippen LogP contribution is -2.52. The lowest BCUT2D eigenvalue weighted by molar-refractivity contribution is -0.138. The van der Waals surface area contributed by atoms with Crippen molar-refractivity contribution in [3.05, 3.63) is 29.3 Å². The number of alkyl halides is 3. The molecule has 1 saturated heterocycles. The summed E-state index contributed by atoms with van der Waals surface area (Å²) in [5.41, 5.74) is -1.16. The number of nitrogens with one attached hydrogen (secondary N) is 1. The summed E-state index contributed by atoms with van der Waals surface area (Å²) in [7, 11) is -3.93. The van der Waals surface area contributed by atoms with Crippen LogP contribution in [0.5, 0.6) is 0 Å². The van der Waals surface area contributed by atoms with Crippen LogP contribution in [-0.4, -0.2) is 38.4 Å². The number of nitrogens with zero attached hydrogens (tertiary/aromatic N) is 1. The van der Waals surface area contributed by atoms with Crippen molar-refractivity contribution in [2.24, 2.45) is 0 Å². The van der Waals surface area contributed by atoms with Crippen molar-refractivity contribution in [3.8, 4) is 0 Å². The summed E-state index contributed by atoms with van der Waals surface area (Å²) in [5.74, 6) is 0. The lowest BCUT2D eigenvalue weighted by Gasteiger charge is -2.33. The molecule has 1 aliphatic rings. The van der Waals surface area contributed by atoms with Crippen LogP contribution in [-0.2, 0) is 16.2 Å². The van der Waals surface area contributed by atoms with Crippen LogP contribution in [0, 0.1) is 6.92 Å². The first-order valence-electron chi connectivity index (χ1n) is 6.55. The molecule has 0 amide bonds. The van der Waals surface area contributed by atoms with E-state index in [1.807, 2.05) is 0 Å². The molecule has 0 aliphatic carbocycles. The fourth-order valence-corrected chi connectivity index (χ4v) is 4.39. The van der Waals surface area contributed by atoms with Gasteiger partial charge in [-0.25, -0.2) is 8.42 Å². The summed E-state index contributed by atoms with van der Waals surface area (Å²) in [4.78, 5) is -0.272. The highest BCUT2D eigenvalue weighted by atomic mass is 32.2. The first kappa shape index (κ1) is 16.3. The predicted octanol–water partition coefficient (Wildman–Crippen LogP) is 2.00. The molecule has 0 saturated carbocycles. The third kappa shape index (κ3) is 3.07. The van der Waals surface area contributed by atoms with Crippen molar-refractivity contribution < 1.29 is 21.6 Å². The molecular formula is C13H17F3N2O2S. The van der Waals surface area contributed by atoms with Crippen molar-refractivity contribution in [1.82, 2.24) is 9.62 Å². The monoisotopic (exact) mass is 322 g/mol. The highest BCUT2D eigenvalue weighted by Gasteiger charge is 2.37. The number of benzene rings is 1. The van der Waals surface area contributed by atoms with Crippen LogP contribution < -0.4 is 5.32 Å². The van der Waals surface area contributed by atoms with Gasteiger partial charge in [-0.15, -0.1) is 0 Å². The van der Waals surface area contributed by atoms with Gasteiger partial charge >= 0.3 is 6.18 Å². The molecule has 1 aromatic carbocycles. The van der Waals surface area contributed by atoms with E-state index in [1.54, 1.807) is 6.92 Å². The van der Waals surface area contributed by atoms with E-state index in [0.29, 0.717) is 13.1 Å². The van der Waals surface area contributed by atoms with Crippen LogP contribution in [0.25, 0.3) is 0 Å². The lowest BCUT2D eigenvalue weighted by atomic mass is 10.1. The maximum absolute atomic E-state index is 12.9. The van der Waals surface area contributed by atoms with Gasteiger partial charge in [0.25, 0.3) is 0 Å². The summed E-state index contributed by atoms with van der Waals surface area (Å²) in [6.45, 7) is 4.15. The normalized spacial score (nSPS) is 21.5. The van der Waals surface area contributed by atoms with E-state index in [1.165, 1.54) is 17.3 Å². The molecule has 1 atom stereocenters. The van der Waals surface area contributed by atoms with Gasteiger partial charge < -0.3 is 5.32 Å². The molecule has 1 aromatic rings. The smallest absolute Gasteiger partial charge is 0.314 e. The van der Waals surface area contributed by atoms with Crippen molar-refractivity contribution >= 4 is 10.0 Å². The van der Waals surface area contributed by atoms with E-state index in [4.69, 9.17) is 0 Å². The predicted molar refractivity (Wildman–Crippen MR) is 72.4 cm³/mol. The summed E-state index contributed by atoms with van der Waals surface area (Å²) >= 11 is 0. The topological polar surface area (TPSA) is 49.4 Å². The van der Waals surface area contributed by atoms with Gasteiger partial charge in [0.05, 0.1) is 10.5 Å². The minimum absolute atomic E-state index is 0.249. The third-order valence-corrected chi connectivity index (χ3v) is 5.77. The highest BCUT2D eigenvalue weighted by Crippen LogP contribution is 2.35. The Balaban J connectivity index is 2.50. The van der Waals surface area contributed by atoms with Gasteiger partial charge in [-0.3, -0.25) is 0 Å². The van der Waals surface area contributed by atoms with E-state index in [9.17, 15) is 21.6 Å². The van der Waals surface area contributed by atoms with Crippen molar-refractivity contribution in [2.75, 3.05) is 19.6 Å². The number of rotatable bonds is 2. The first-order valence-corrected chi connectivity index (χ1v) is 7.99. The largest absolute Gasteiger partial charge is 0.416 e. The third-order valence-electron chi connectivity index (χ3n) is 3.62. The van der Waals surface area contributed by atoms with Gasteiger partial charge in [0.2, 0.25) is 10.0 Å². The van der Waals surface area contributed by atoms with Crippen molar-refractivity contribution in [1.29, 1.82) is 0 Å². The van der Waals surface area contributed by atoms with E-state index < -0.39 is 21.8 Å². The van der Waals surface area contributed by atoms with Crippen LogP contribution in [0.4, 0.5) is 13.2 Å². The summed E-state index contributed by atoms with van der Waals surface area (Å²) in [6, 6.07) is 2.97. The van der Waals surface area contributed by atoms with Gasteiger partial charge in [0.15, 0.2) is 0 Å². The standard InChI is InChI=1S/C13H17F3N2O2S/c1-9-8-17-6-7-18(9)21(19,20)12-5-3-4-11(10(12)2)13(14,15)16/h3-5,9,17H,6-8H2,1-2H3/t9-/m0/s1. The summed E-state index contributed by atoms with van der Waals surface area (Å²) in [5, 5.41) is 3.05. The SMILES string of the molecule is Cc1c(C(F)(F)F)cccc1S(=O)(=O)N1CCNC[C@@H]1C. The van der Waals surface area contributed by atoms with Gasteiger partial charge in [0, 0.05) is 25.7 Å². The molecule has 1 aliphatic heterocycles. The molecule has 1 N–H and O–H groups in total. The highest BCUT2D eigenvalue weighted by molar-refractivity contribution is 7.89. The molecule has 21 heavy (non-hydrogen) atoms. The Kier molecular flexibility index (Phi) is 4.32. The van der Waals surface area contributed by atoms with Crippen LogP contribution in [0.1, 0.15) is 18.1 Å². The molecule has 0 radical (unpaired) electrons. The Morgan fingerprint density at radius 1 is 1.33 bits per heavy atom. The molecule has 4 nitrogen and oxygen atoms in total. The molecule has 0 aromatic heterocycles. The molecule has 0 spiro atoms. The zero-order valence-electron chi connectivity index (χ0n) is 11.7. The molecule has 8 heteroatoms. The van der Waals surface area contributed by atoms with Crippen LogP contribution >= 0.6 is 0 Å². The molecule has 118 valence electrons. The maximum atomic E-state index is 12.9. The molecule has 1 fully saturated rings. The van der Waals surface area contributed by atoms with Crippen molar-refractivity contribution in [3.63, 3.8) is 0 Å². The summed E-state index contributed by atoms with van der Waals surface area (Å²) in [6.07, 6.45) is -4.56. The number of hydrogen-bond acceptors (Lipinski definition) is 3. The second kappa shape index (κ2) is 5.58. The number of halogens is 3. The Morgan fingerprint density at radius 2 is 2.00 bits per heavy atom. The Morgan fingerprint density at radius 3 is 2.57 bits per heavy atom. The molecule has 0 unspecified atom stereocenters. The number of piperazine rings is 1. The summed E-state index contributed by atoms with van der Waals surface area (Å²) < 4.78 is 65.3. The Labute approximate surface area is 122 Å². The second-order valence-electron chi connectivity index (χ2n) is 5.10. The van der Waals surface area contributed by atoms with Gasteiger partial charge in [-0.05, 0) is 31.5 Å². The van der Waals surface area contributed by atoms with E-state index >= 15 is 0 Å². The molecule has 2 rings (SSSR count). The average molecular weight is 322 g/mol. The minimum atomic E-state index is -4.56. The van der Waals surface area contributed by atoms with E-state index in [-0.39, 0.29) is 23.0 Å². The quantitative estimate of drug-likeness (QED) is 0.906. The Hall–Kier alpha value is -1.12. The van der Waals surface area contributed by atoms with E-state index in [2.05, 4.69) is 5.32 Å². The van der Waals surface area contributed by atoms with Gasteiger partial charge in [-0.2, -0.15) is 17.5 Å². The van der Waals surface area contributed by atoms with Crippen molar-refractivity contribution in [2.45, 2.75) is 31.0 Å². The number of hydrogen-bond donors (Lipinski definition) is 1. The molecule has 1 heterocycles. The molecule has 0 bridgehead atoms. The second-order valence-corrected chi connectivity index (χ2v) is 6.95. The van der Waals surface area contributed by atoms with Crippen LogP contribution in [0.2, 0.25) is 0 Å². The van der Waals surface area contributed by atoms with Gasteiger partial charge in [0.1, 0.15) is 0 Å². The van der Waals surface area contributed by atoms with Crippen LogP contribution in [0.15, 0.2) is 23.1 Å². The fraction of sp³-hybridized carbons (Fsp3) is 0.538. The fourth-order valence-electron chi connectivity index (χ4n) is 2.51. The first-order chi connectivity index (χ1) is 9.65.